The van der Waals surface area contributed by atoms with Gasteiger partial charge in [-0.15, -0.1) is 0 Å². The molecule has 4 atom stereocenters. The zero-order valence-electron chi connectivity index (χ0n) is 24.2. The smallest absolute Gasteiger partial charge is 0.404 e. The van der Waals surface area contributed by atoms with E-state index in [4.69, 9.17) is 29.1 Å². The number of aromatic hydroxyl groups is 1. The first-order valence-electron chi connectivity index (χ1n) is 14.4. The Morgan fingerprint density at radius 1 is 1.10 bits per heavy atom. The highest BCUT2D eigenvalue weighted by Crippen LogP contribution is 2.60. The van der Waals surface area contributed by atoms with Gasteiger partial charge in [0.1, 0.15) is 17.4 Å². The molecule has 228 valence electrons. The largest absolute Gasteiger partial charge is 0.505 e. The third kappa shape index (κ3) is 4.69. The molecule has 1 saturated heterocycles. The number of hydrogen-bond donors (Lipinski definition) is 4. The maximum absolute atomic E-state index is 13.6. The van der Waals surface area contributed by atoms with E-state index in [2.05, 4.69) is 5.32 Å². The minimum Gasteiger partial charge on any atom is -0.505 e. The standard InChI is InChI=1S/C30H38N2O10/c1-13-18(39-26-21(34)23(41-28(31)37)24(38-4)29(2,3)42-26)6-5-17-20(33)19(25(35)40-22(13)17)32-27(36)30-10-14-7-15(11-30)9-16(8-14)12-30/h5-6,14-16,21,23-24,26,33-34H,7-12H2,1-4H3,(H2,31,37)(H,32,36)/t14?,15?,16?,21-,23+,24-,26-,30?/m1/s1. The van der Waals surface area contributed by atoms with Gasteiger partial charge in [0.2, 0.25) is 12.2 Å². The summed E-state index contributed by atoms with van der Waals surface area (Å²) in [5, 5.41) is 25.0. The van der Waals surface area contributed by atoms with E-state index in [-0.39, 0.29) is 34.1 Å². The molecular formula is C30H38N2O10. The number of aliphatic hydroxyl groups excluding tert-OH is 1. The number of amides is 2. The summed E-state index contributed by atoms with van der Waals surface area (Å²) in [4.78, 5) is 38.2. The third-order valence-corrected chi connectivity index (χ3v) is 9.77. The number of rotatable bonds is 6. The number of carbonyl (C=O) groups excluding carboxylic acids is 2. The fraction of sp³-hybridized carbons (Fsp3) is 0.633. The number of nitrogens with two attached hydrogens (primary N) is 1. The molecule has 2 heterocycles. The van der Waals surface area contributed by atoms with Crippen LogP contribution >= 0.6 is 0 Å². The van der Waals surface area contributed by atoms with Crippen molar-refractivity contribution in [3.8, 4) is 11.5 Å². The zero-order chi connectivity index (χ0) is 30.1. The van der Waals surface area contributed by atoms with Gasteiger partial charge in [0, 0.05) is 12.7 Å². The van der Waals surface area contributed by atoms with E-state index in [0.29, 0.717) is 23.3 Å². The number of fused-ring (bicyclic) bond motifs is 1. The number of ether oxygens (including phenoxy) is 4. The van der Waals surface area contributed by atoms with E-state index < -0.39 is 47.3 Å². The number of aryl methyl sites for hydroxylation is 1. The summed E-state index contributed by atoms with van der Waals surface area (Å²) in [5.41, 5.74) is 2.88. The molecule has 1 aliphatic heterocycles. The Kier molecular flexibility index (Phi) is 6.94. The Labute approximate surface area is 242 Å². The summed E-state index contributed by atoms with van der Waals surface area (Å²) < 4.78 is 28.1. The van der Waals surface area contributed by atoms with Gasteiger partial charge in [0.05, 0.1) is 16.4 Å². The monoisotopic (exact) mass is 586 g/mol. The zero-order valence-corrected chi connectivity index (χ0v) is 24.2. The van der Waals surface area contributed by atoms with Gasteiger partial charge in [-0.05, 0) is 89.2 Å². The van der Waals surface area contributed by atoms with Crippen LogP contribution in [0.3, 0.4) is 0 Å². The van der Waals surface area contributed by atoms with Crippen LogP contribution in [-0.4, -0.2) is 59.5 Å². The number of aliphatic hydroxyl groups is 1. The molecule has 1 aromatic heterocycles. The number of anilines is 1. The third-order valence-electron chi connectivity index (χ3n) is 9.77. The molecule has 12 heteroatoms. The molecule has 5 fully saturated rings. The molecule has 2 amide bonds. The Hall–Kier alpha value is -3.35. The van der Waals surface area contributed by atoms with Gasteiger partial charge in [-0.2, -0.15) is 0 Å². The molecule has 0 radical (unpaired) electrons. The van der Waals surface area contributed by atoms with Crippen molar-refractivity contribution in [1.82, 2.24) is 0 Å². The van der Waals surface area contributed by atoms with Crippen LogP contribution in [0.15, 0.2) is 21.3 Å². The molecule has 42 heavy (non-hydrogen) atoms. The molecule has 4 saturated carbocycles. The topological polar surface area (TPSA) is 180 Å². The Morgan fingerprint density at radius 3 is 2.29 bits per heavy atom. The lowest BCUT2D eigenvalue weighted by Gasteiger charge is -2.55. The predicted octanol–water partition coefficient (Wildman–Crippen LogP) is 3.32. The van der Waals surface area contributed by atoms with Gasteiger partial charge < -0.3 is 44.6 Å². The van der Waals surface area contributed by atoms with Gasteiger partial charge in [-0.3, -0.25) is 4.79 Å². The van der Waals surface area contributed by atoms with E-state index >= 15 is 0 Å². The predicted molar refractivity (Wildman–Crippen MR) is 149 cm³/mol. The maximum atomic E-state index is 13.6. The van der Waals surface area contributed by atoms with E-state index in [1.807, 2.05) is 0 Å². The molecule has 0 spiro atoms. The number of nitrogens with one attached hydrogen (secondary N) is 1. The summed E-state index contributed by atoms with van der Waals surface area (Å²) in [6.07, 6.45) is 0.0285. The van der Waals surface area contributed by atoms with Crippen LogP contribution in [0.2, 0.25) is 0 Å². The number of hydrogen-bond acceptors (Lipinski definition) is 10. The Balaban J connectivity index is 1.27. The van der Waals surface area contributed by atoms with E-state index in [9.17, 15) is 24.6 Å². The molecule has 1 aromatic carbocycles. The van der Waals surface area contributed by atoms with Gasteiger partial charge in [0.25, 0.3) is 0 Å². The number of carbonyl (C=O) groups is 2. The summed E-state index contributed by atoms with van der Waals surface area (Å²) >= 11 is 0. The molecule has 5 N–H and O–H groups in total. The van der Waals surface area contributed by atoms with E-state index in [1.165, 1.54) is 38.5 Å². The lowest BCUT2D eigenvalue weighted by molar-refractivity contribution is -0.304. The minimum atomic E-state index is -1.48. The fourth-order valence-electron chi connectivity index (χ4n) is 8.31. The second kappa shape index (κ2) is 10.1. The van der Waals surface area contributed by atoms with E-state index in [1.54, 1.807) is 20.8 Å². The van der Waals surface area contributed by atoms with Crippen molar-refractivity contribution >= 4 is 28.7 Å². The van der Waals surface area contributed by atoms with Crippen LogP contribution in [0.4, 0.5) is 10.5 Å². The van der Waals surface area contributed by atoms with Crippen molar-refractivity contribution in [3.05, 3.63) is 28.1 Å². The van der Waals surface area contributed by atoms with Crippen molar-refractivity contribution in [2.45, 2.75) is 89.5 Å². The van der Waals surface area contributed by atoms with Crippen LogP contribution in [0.1, 0.15) is 57.9 Å². The summed E-state index contributed by atoms with van der Waals surface area (Å²) in [6.45, 7) is 4.98. The average Bonchev–Trinajstić information content (AvgIpc) is 2.90. The highest BCUT2D eigenvalue weighted by molar-refractivity contribution is 6.00. The van der Waals surface area contributed by atoms with Gasteiger partial charge in [-0.1, -0.05) is 0 Å². The summed E-state index contributed by atoms with van der Waals surface area (Å²) in [7, 11) is 1.39. The first-order valence-corrected chi connectivity index (χ1v) is 14.4. The second-order valence-electron chi connectivity index (χ2n) is 13.1. The molecule has 5 aliphatic rings. The van der Waals surface area contributed by atoms with Crippen LogP contribution < -0.4 is 21.4 Å². The van der Waals surface area contributed by atoms with Crippen LogP contribution in [0, 0.1) is 30.1 Å². The number of methoxy groups -OCH3 is 1. The first kappa shape index (κ1) is 28.8. The molecule has 4 bridgehead atoms. The first-order chi connectivity index (χ1) is 19.8. The Bertz CT molecular complexity index is 1450. The molecule has 2 aromatic rings. The normalized spacial score (nSPS) is 34.7. The quantitative estimate of drug-likeness (QED) is 0.367. The molecule has 0 unspecified atom stereocenters. The van der Waals surface area contributed by atoms with Crippen LogP contribution in [0.25, 0.3) is 11.0 Å². The maximum Gasteiger partial charge on any atom is 0.404 e. The van der Waals surface area contributed by atoms with Crippen LogP contribution in [0.5, 0.6) is 11.5 Å². The SMILES string of the molecule is CO[C@@H]1[C@@H](OC(N)=O)[C@@H](O)[C@H](Oc2ccc3c(O)c(NC(=O)C45CC6CC(CC(C6)C4)C5)c(=O)oc3c2C)OC1(C)C. The van der Waals surface area contributed by atoms with Crippen molar-refractivity contribution in [3.63, 3.8) is 0 Å². The summed E-state index contributed by atoms with van der Waals surface area (Å²) in [5.74, 6) is 1.19. The van der Waals surface area contributed by atoms with Crippen molar-refractivity contribution < 1.29 is 43.2 Å². The van der Waals surface area contributed by atoms with Crippen molar-refractivity contribution in [2.24, 2.45) is 28.9 Å². The summed E-state index contributed by atoms with van der Waals surface area (Å²) in [6, 6.07) is 3.02. The molecule has 4 aliphatic carbocycles. The van der Waals surface area contributed by atoms with Crippen molar-refractivity contribution in [2.75, 3.05) is 12.4 Å². The van der Waals surface area contributed by atoms with Gasteiger partial charge >= 0.3 is 11.7 Å². The lowest BCUT2D eigenvalue weighted by Crippen LogP contribution is -2.65. The molecular weight excluding hydrogens is 548 g/mol. The number of primary amides is 1. The number of benzene rings is 1. The highest BCUT2D eigenvalue weighted by atomic mass is 16.7. The Morgan fingerprint density at radius 2 is 1.71 bits per heavy atom. The molecule has 12 nitrogen and oxygen atoms in total. The van der Waals surface area contributed by atoms with Crippen molar-refractivity contribution in [1.29, 1.82) is 0 Å². The lowest BCUT2D eigenvalue weighted by atomic mass is 9.49. The highest BCUT2D eigenvalue weighted by Gasteiger charge is 2.55. The second-order valence-corrected chi connectivity index (χ2v) is 13.1. The van der Waals surface area contributed by atoms with E-state index in [0.717, 1.165) is 19.3 Å². The van der Waals surface area contributed by atoms with Crippen LogP contribution in [-0.2, 0) is 19.0 Å². The minimum absolute atomic E-state index is 0.0482. The fourth-order valence-corrected chi connectivity index (χ4v) is 8.31. The van der Waals surface area contributed by atoms with Gasteiger partial charge in [0.15, 0.2) is 23.6 Å². The van der Waals surface area contributed by atoms with Gasteiger partial charge in [-0.25, -0.2) is 9.59 Å². The molecule has 7 rings (SSSR count). The average molecular weight is 587 g/mol.